The molecule has 3 aromatic rings. The number of para-hydroxylation sites is 1. The summed E-state index contributed by atoms with van der Waals surface area (Å²) in [5.74, 6) is 1.35. The van der Waals surface area contributed by atoms with Gasteiger partial charge in [0, 0.05) is 12.4 Å². The molecule has 0 spiro atoms. The van der Waals surface area contributed by atoms with Crippen LogP contribution in [0.4, 0.5) is 0 Å². The van der Waals surface area contributed by atoms with Crippen molar-refractivity contribution in [2.24, 2.45) is 0 Å². The fourth-order valence-electron chi connectivity index (χ4n) is 2.05. The number of imidazole rings is 1. The highest BCUT2D eigenvalue weighted by atomic mass is 16.5. The summed E-state index contributed by atoms with van der Waals surface area (Å²) < 4.78 is 7.11. The van der Waals surface area contributed by atoms with E-state index in [1.54, 1.807) is 23.8 Å². The second-order valence-electron chi connectivity index (χ2n) is 3.95. The third-order valence-corrected chi connectivity index (χ3v) is 2.89. The normalized spacial score (nSPS) is 10.6. The van der Waals surface area contributed by atoms with Gasteiger partial charge >= 0.3 is 0 Å². The quantitative estimate of drug-likeness (QED) is 0.671. The predicted molar refractivity (Wildman–Crippen MR) is 70.4 cm³/mol. The minimum atomic E-state index is 0.321. The number of ether oxygens (including phenoxy) is 1. The maximum atomic E-state index is 11.1. The fraction of sp³-hybridized carbons (Fsp3) is 0.0714. The van der Waals surface area contributed by atoms with Crippen LogP contribution in [-0.2, 0) is 0 Å². The van der Waals surface area contributed by atoms with Gasteiger partial charge in [0.1, 0.15) is 17.3 Å². The first-order valence-electron chi connectivity index (χ1n) is 5.77. The minimum Gasteiger partial charge on any atom is -0.496 e. The summed E-state index contributed by atoms with van der Waals surface area (Å²) >= 11 is 0. The molecule has 0 saturated carbocycles. The van der Waals surface area contributed by atoms with Crippen molar-refractivity contribution in [2.75, 3.05) is 7.11 Å². The van der Waals surface area contributed by atoms with Crippen LogP contribution in [0.1, 0.15) is 10.5 Å². The van der Waals surface area contributed by atoms with Crippen LogP contribution >= 0.6 is 0 Å². The summed E-state index contributed by atoms with van der Waals surface area (Å²) in [4.78, 5) is 19.6. The van der Waals surface area contributed by atoms with Crippen LogP contribution in [0.2, 0.25) is 0 Å². The molecule has 5 nitrogen and oxygen atoms in total. The average Bonchev–Trinajstić information content (AvgIpc) is 2.86. The smallest absolute Gasteiger partial charge is 0.172 e. The monoisotopic (exact) mass is 253 g/mol. The minimum absolute atomic E-state index is 0.321. The van der Waals surface area contributed by atoms with Gasteiger partial charge in [0.25, 0.3) is 0 Å². The molecule has 94 valence electrons. The van der Waals surface area contributed by atoms with Gasteiger partial charge < -0.3 is 4.74 Å². The van der Waals surface area contributed by atoms with E-state index < -0.39 is 0 Å². The molecule has 2 heterocycles. The van der Waals surface area contributed by atoms with Crippen molar-refractivity contribution in [2.45, 2.75) is 0 Å². The first-order chi connectivity index (χ1) is 9.35. The van der Waals surface area contributed by atoms with Crippen molar-refractivity contribution in [1.82, 2.24) is 14.4 Å². The van der Waals surface area contributed by atoms with Gasteiger partial charge in [0.05, 0.1) is 12.7 Å². The largest absolute Gasteiger partial charge is 0.496 e. The van der Waals surface area contributed by atoms with Crippen LogP contribution < -0.4 is 4.74 Å². The van der Waals surface area contributed by atoms with Crippen molar-refractivity contribution >= 4 is 11.9 Å². The molecule has 0 N–H and O–H groups in total. The number of aldehydes is 1. The van der Waals surface area contributed by atoms with E-state index in [1.165, 1.54) is 0 Å². The Hall–Kier alpha value is -2.69. The molecule has 3 rings (SSSR count). The Morgan fingerprint density at radius 1 is 1.26 bits per heavy atom. The van der Waals surface area contributed by atoms with Crippen molar-refractivity contribution in [1.29, 1.82) is 0 Å². The van der Waals surface area contributed by atoms with Gasteiger partial charge in [-0.15, -0.1) is 0 Å². The molecule has 1 aromatic carbocycles. The van der Waals surface area contributed by atoms with Gasteiger partial charge in [-0.3, -0.25) is 9.20 Å². The molecule has 0 atom stereocenters. The van der Waals surface area contributed by atoms with Crippen molar-refractivity contribution in [3.63, 3.8) is 0 Å². The van der Waals surface area contributed by atoms with E-state index >= 15 is 0 Å². The molecule has 0 unspecified atom stereocenters. The molecule has 0 saturated heterocycles. The number of carbonyl (C=O) groups is 1. The van der Waals surface area contributed by atoms with Crippen LogP contribution in [-0.4, -0.2) is 27.8 Å². The van der Waals surface area contributed by atoms with Crippen molar-refractivity contribution in [3.8, 4) is 17.1 Å². The summed E-state index contributed by atoms with van der Waals surface area (Å²) in [6.07, 6.45) is 4.17. The number of aromatic nitrogens is 3. The molecule has 0 bridgehead atoms. The predicted octanol–water partition coefficient (Wildman–Crippen LogP) is 2.22. The Kier molecular flexibility index (Phi) is 2.72. The van der Waals surface area contributed by atoms with Gasteiger partial charge in [-0.1, -0.05) is 12.1 Å². The topological polar surface area (TPSA) is 56.5 Å². The number of benzene rings is 1. The molecule has 19 heavy (non-hydrogen) atoms. The summed E-state index contributed by atoms with van der Waals surface area (Å²) in [6, 6.07) is 9.33. The lowest BCUT2D eigenvalue weighted by Gasteiger charge is -2.06. The van der Waals surface area contributed by atoms with Gasteiger partial charge in [-0.25, -0.2) is 9.97 Å². The molecule has 0 aliphatic rings. The summed E-state index contributed by atoms with van der Waals surface area (Å²) in [7, 11) is 1.60. The van der Waals surface area contributed by atoms with Gasteiger partial charge in [0.15, 0.2) is 11.9 Å². The van der Waals surface area contributed by atoms with E-state index in [0.717, 1.165) is 5.56 Å². The first-order valence-corrected chi connectivity index (χ1v) is 5.77. The molecular formula is C14H11N3O2. The molecule has 5 heteroatoms. The number of hydrogen-bond donors (Lipinski definition) is 0. The number of methoxy groups -OCH3 is 1. The number of nitrogens with zero attached hydrogens (tertiary/aromatic N) is 3. The van der Waals surface area contributed by atoms with Crippen LogP contribution in [0.5, 0.6) is 5.75 Å². The summed E-state index contributed by atoms with van der Waals surface area (Å²) in [5, 5.41) is 0. The Morgan fingerprint density at radius 3 is 2.89 bits per heavy atom. The second-order valence-corrected chi connectivity index (χ2v) is 3.95. The van der Waals surface area contributed by atoms with E-state index in [2.05, 4.69) is 9.97 Å². The highest BCUT2D eigenvalue weighted by Crippen LogP contribution is 2.29. The maximum absolute atomic E-state index is 11.1. The van der Waals surface area contributed by atoms with Crippen LogP contribution in [0, 0.1) is 0 Å². The highest BCUT2D eigenvalue weighted by Gasteiger charge is 2.15. The van der Waals surface area contributed by atoms with Crippen LogP contribution in [0.15, 0.2) is 42.7 Å². The number of carbonyl (C=O) groups excluding carboxylic acids is 1. The second kappa shape index (κ2) is 4.53. The molecule has 0 radical (unpaired) electrons. The van der Waals surface area contributed by atoms with Gasteiger partial charge in [-0.2, -0.15) is 0 Å². The maximum Gasteiger partial charge on any atom is 0.172 e. The van der Waals surface area contributed by atoms with Crippen LogP contribution in [0.25, 0.3) is 17.0 Å². The number of fused-ring (bicyclic) bond motifs is 1. The molecule has 2 aromatic heterocycles. The zero-order valence-electron chi connectivity index (χ0n) is 10.3. The third-order valence-electron chi connectivity index (χ3n) is 2.89. The Morgan fingerprint density at radius 2 is 2.11 bits per heavy atom. The van der Waals surface area contributed by atoms with E-state index in [4.69, 9.17) is 4.74 Å². The third kappa shape index (κ3) is 1.76. The molecule has 0 aliphatic heterocycles. The zero-order valence-corrected chi connectivity index (χ0v) is 10.3. The zero-order chi connectivity index (χ0) is 13.2. The molecule has 0 fully saturated rings. The lowest BCUT2D eigenvalue weighted by atomic mass is 10.2. The number of rotatable bonds is 3. The van der Waals surface area contributed by atoms with E-state index in [9.17, 15) is 4.79 Å². The molecule has 0 aliphatic carbocycles. The Bertz CT molecular complexity index is 749. The highest BCUT2D eigenvalue weighted by molar-refractivity contribution is 5.84. The van der Waals surface area contributed by atoms with Gasteiger partial charge in [-0.05, 0) is 18.2 Å². The number of hydrogen-bond acceptors (Lipinski definition) is 4. The first kappa shape index (κ1) is 11.4. The summed E-state index contributed by atoms with van der Waals surface area (Å²) in [5.41, 5.74) is 1.68. The average molecular weight is 253 g/mol. The molecule has 0 amide bonds. The standard InChI is InChI=1S/C14H11N3O2/c1-19-12-6-3-2-5-10(12)13-16-11(9-18)14-15-7-4-8-17(13)14/h2-9H,1H3. The Balaban J connectivity index is 2.34. The summed E-state index contributed by atoms with van der Waals surface area (Å²) in [6.45, 7) is 0. The lowest BCUT2D eigenvalue weighted by molar-refractivity contribution is 0.112. The van der Waals surface area contributed by atoms with E-state index in [0.29, 0.717) is 29.2 Å². The molecular weight excluding hydrogens is 242 g/mol. The van der Waals surface area contributed by atoms with E-state index in [1.807, 2.05) is 30.5 Å². The fourth-order valence-corrected chi connectivity index (χ4v) is 2.05. The van der Waals surface area contributed by atoms with Crippen molar-refractivity contribution < 1.29 is 9.53 Å². The van der Waals surface area contributed by atoms with Crippen molar-refractivity contribution in [3.05, 3.63) is 48.4 Å². The lowest BCUT2D eigenvalue weighted by Crippen LogP contribution is -1.93. The van der Waals surface area contributed by atoms with E-state index in [-0.39, 0.29) is 0 Å². The van der Waals surface area contributed by atoms with Gasteiger partial charge in [0.2, 0.25) is 0 Å². The SMILES string of the molecule is COc1ccccc1-c1nc(C=O)c2ncccn12. The van der Waals surface area contributed by atoms with Crippen LogP contribution in [0.3, 0.4) is 0 Å². The Labute approximate surface area is 109 Å².